The molecule has 4 heterocycles. The highest BCUT2D eigenvalue weighted by atomic mass is 16.5. The molecule has 2 amide bonds. The molecular formula is C25H25N5O3. The van der Waals surface area contributed by atoms with Gasteiger partial charge in [-0.3, -0.25) is 14.6 Å². The first-order chi connectivity index (χ1) is 16.0. The van der Waals surface area contributed by atoms with Crippen molar-refractivity contribution < 1.29 is 14.3 Å². The van der Waals surface area contributed by atoms with Crippen molar-refractivity contribution in [2.45, 2.75) is 26.5 Å². The number of anilines is 2. The monoisotopic (exact) mass is 443 g/mol. The van der Waals surface area contributed by atoms with Gasteiger partial charge in [-0.15, -0.1) is 0 Å². The Hall–Kier alpha value is -3.94. The number of amides is 2. The van der Waals surface area contributed by atoms with Crippen LogP contribution < -0.4 is 15.0 Å². The van der Waals surface area contributed by atoms with Gasteiger partial charge in [0.15, 0.2) is 5.82 Å². The highest BCUT2D eigenvalue weighted by molar-refractivity contribution is 6.04. The van der Waals surface area contributed by atoms with Crippen molar-refractivity contribution in [3.8, 4) is 5.75 Å². The molecule has 0 atom stereocenters. The van der Waals surface area contributed by atoms with Gasteiger partial charge in [-0.1, -0.05) is 24.3 Å². The number of carbonyl (C=O) groups is 2. The predicted molar refractivity (Wildman–Crippen MR) is 124 cm³/mol. The van der Waals surface area contributed by atoms with Gasteiger partial charge in [0.2, 0.25) is 5.91 Å². The highest BCUT2D eigenvalue weighted by Gasteiger charge is 2.34. The van der Waals surface area contributed by atoms with Crippen molar-refractivity contribution in [2.24, 2.45) is 0 Å². The predicted octanol–water partition coefficient (Wildman–Crippen LogP) is 2.96. The van der Waals surface area contributed by atoms with E-state index in [1.807, 2.05) is 50.2 Å². The van der Waals surface area contributed by atoms with Crippen LogP contribution in [-0.4, -0.2) is 52.4 Å². The first-order valence-electron chi connectivity index (χ1n) is 11.0. The van der Waals surface area contributed by atoms with Crippen LogP contribution >= 0.6 is 0 Å². The van der Waals surface area contributed by atoms with Gasteiger partial charge >= 0.3 is 0 Å². The van der Waals surface area contributed by atoms with Crippen molar-refractivity contribution in [1.29, 1.82) is 0 Å². The number of rotatable bonds is 5. The molecular weight excluding hydrogens is 418 g/mol. The van der Waals surface area contributed by atoms with E-state index < -0.39 is 0 Å². The molecule has 2 aromatic heterocycles. The molecule has 0 saturated carbocycles. The summed E-state index contributed by atoms with van der Waals surface area (Å²) in [6.45, 7) is 5.55. The van der Waals surface area contributed by atoms with E-state index in [1.165, 1.54) is 0 Å². The zero-order valence-corrected chi connectivity index (χ0v) is 18.6. The van der Waals surface area contributed by atoms with E-state index in [1.54, 1.807) is 28.3 Å². The van der Waals surface area contributed by atoms with Gasteiger partial charge in [-0.25, -0.2) is 4.98 Å². The Morgan fingerprint density at radius 2 is 1.91 bits per heavy atom. The molecule has 5 rings (SSSR count). The maximum atomic E-state index is 13.1. The number of para-hydroxylation sites is 1. The van der Waals surface area contributed by atoms with Crippen LogP contribution in [0.15, 0.2) is 54.9 Å². The van der Waals surface area contributed by atoms with E-state index in [4.69, 9.17) is 4.74 Å². The minimum atomic E-state index is -0.123. The highest BCUT2D eigenvalue weighted by Crippen LogP contribution is 2.31. The molecule has 1 N–H and O–H groups in total. The number of nitrogens with one attached hydrogen (secondary N) is 1. The van der Waals surface area contributed by atoms with Crippen LogP contribution in [0.1, 0.15) is 27.2 Å². The number of ether oxygens (including phenoxy) is 1. The topological polar surface area (TPSA) is 87.7 Å². The molecule has 1 saturated heterocycles. The first kappa shape index (κ1) is 20.9. The number of hydrogen-bond acceptors (Lipinski definition) is 6. The molecule has 1 aromatic carbocycles. The summed E-state index contributed by atoms with van der Waals surface area (Å²) in [6, 6.07) is 13.4. The van der Waals surface area contributed by atoms with Crippen LogP contribution in [0.25, 0.3) is 0 Å². The number of aromatic nitrogens is 2. The molecule has 1 fully saturated rings. The largest absolute Gasteiger partial charge is 0.486 e. The first-order valence-corrected chi connectivity index (χ1v) is 11.0. The summed E-state index contributed by atoms with van der Waals surface area (Å²) in [6.07, 6.45) is 3.22. The van der Waals surface area contributed by atoms with Crippen molar-refractivity contribution in [3.63, 3.8) is 0 Å². The van der Waals surface area contributed by atoms with Crippen LogP contribution in [-0.2, 0) is 11.3 Å². The number of nitrogens with zero attached hydrogens (tertiary/aromatic N) is 4. The standard InChI is InChI=1S/C25H25N5O3/c1-16-6-5-7-17(2)23(16)33-20-14-29(15-20)25(32)18-10-21-24(27-11-18)28-12-22(31)30(21)13-19-8-3-4-9-26-19/h3-11,20H,12-15H2,1-2H3,(H,27,28). The molecule has 8 nitrogen and oxygen atoms in total. The summed E-state index contributed by atoms with van der Waals surface area (Å²) >= 11 is 0. The SMILES string of the molecule is Cc1cccc(C)c1OC1CN(C(=O)c2cnc3c(c2)N(Cc2ccccn2)C(=O)CN3)C1. The second-order valence-electron chi connectivity index (χ2n) is 8.42. The zero-order chi connectivity index (χ0) is 22.9. The summed E-state index contributed by atoms with van der Waals surface area (Å²) in [4.78, 5) is 37.8. The maximum Gasteiger partial charge on any atom is 0.255 e. The lowest BCUT2D eigenvalue weighted by Gasteiger charge is -2.39. The average Bonchev–Trinajstić information content (AvgIpc) is 2.79. The smallest absolute Gasteiger partial charge is 0.255 e. The number of fused-ring (bicyclic) bond motifs is 1. The lowest BCUT2D eigenvalue weighted by atomic mass is 10.1. The normalized spacial score (nSPS) is 15.5. The molecule has 0 spiro atoms. The quantitative estimate of drug-likeness (QED) is 0.652. The third kappa shape index (κ3) is 4.11. The summed E-state index contributed by atoms with van der Waals surface area (Å²) < 4.78 is 6.14. The second-order valence-corrected chi connectivity index (χ2v) is 8.42. The molecule has 0 bridgehead atoms. The Morgan fingerprint density at radius 1 is 1.12 bits per heavy atom. The van der Waals surface area contributed by atoms with Gasteiger partial charge in [0.1, 0.15) is 11.9 Å². The molecule has 3 aromatic rings. The van der Waals surface area contributed by atoms with E-state index in [-0.39, 0.29) is 24.5 Å². The summed E-state index contributed by atoms with van der Waals surface area (Å²) in [5.74, 6) is 1.26. The van der Waals surface area contributed by atoms with Crippen LogP contribution in [0.4, 0.5) is 11.5 Å². The number of hydrogen-bond donors (Lipinski definition) is 1. The van der Waals surface area contributed by atoms with E-state index in [2.05, 4.69) is 15.3 Å². The minimum Gasteiger partial charge on any atom is -0.486 e. The summed E-state index contributed by atoms with van der Waals surface area (Å²) in [7, 11) is 0. The van der Waals surface area contributed by atoms with E-state index in [0.29, 0.717) is 36.7 Å². The lowest BCUT2D eigenvalue weighted by molar-refractivity contribution is -0.117. The number of likely N-dealkylation sites (tertiary alicyclic amines) is 1. The Labute approximate surface area is 192 Å². The van der Waals surface area contributed by atoms with Gasteiger partial charge in [0.25, 0.3) is 5.91 Å². The fourth-order valence-electron chi connectivity index (χ4n) is 4.14. The van der Waals surface area contributed by atoms with E-state index >= 15 is 0 Å². The van der Waals surface area contributed by atoms with Crippen LogP contribution in [0.3, 0.4) is 0 Å². The van der Waals surface area contributed by atoms with Gasteiger partial charge < -0.3 is 19.9 Å². The number of pyridine rings is 2. The van der Waals surface area contributed by atoms with E-state index in [9.17, 15) is 9.59 Å². The van der Waals surface area contributed by atoms with Crippen LogP contribution in [0.5, 0.6) is 5.75 Å². The van der Waals surface area contributed by atoms with Crippen molar-refractivity contribution in [2.75, 3.05) is 29.9 Å². The van der Waals surface area contributed by atoms with Gasteiger partial charge in [0.05, 0.1) is 43.1 Å². The molecule has 0 aliphatic carbocycles. The summed E-state index contributed by atoms with van der Waals surface area (Å²) in [5.41, 5.74) is 3.98. The van der Waals surface area contributed by atoms with Crippen LogP contribution in [0.2, 0.25) is 0 Å². The van der Waals surface area contributed by atoms with Crippen molar-refractivity contribution in [3.05, 3.63) is 77.2 Å². The Bertz CT molecular complexity index is 1190. The molecule has 33 heavy (non-hydrogen) atoms. The van der Waals surface area contributed by atoms with Crippen LogP contribution in [0, 0.1) is 13.8 Å². The minimum absolute atomic E-state index is 0.0387. The third-order valence-corrected chi connectivity index (χ3v) is 5.99. The third-order valence-electron chi connectivity index (χ3n) is 5.99. The lowest BCUT2D eigenvalue weighted by Crippen LogP contribution is -2.56. The zero-order valence-electron chi connectivity index (χ0n) is 18.6. The average molecular weight is 444 g/mol. The van der Waals surface area contributed by atoms with Gasteiger partial charge in [0, 0.05) is 12.4 Å². The number of carbonyl (C=O) groups excluding carboxylic acids is 2. The Kier molecular flexibility index (Phi) is 5.42. The van der Waals surface area contributed by atoms with Gasteiger partial charge in [-0.2, -0.15) is 0 Å². The molecule has 8 heteroatoms. The number of aryl methyl sites for hydroxylation is 2. The van der Waals surface area contributed by atoms with E-state index in [0.717, 1.165) is 22.6 Å². The van der Waals surface area contributed by atoms with Gasteiger partial charge in [-0.05, 0) is 43.2 Å². The molecule has 0 unspecified atom stereocenters. The fourth-order valence-corrected chi connectivity index (χ4v) is 4.14. The maximum absolute atomic E-state index is 13.1. The molecule has 2 aliphatic rings. The Balaban J connectivity index is 1.30. The van der Waals surface area contributed by atoms with Crippen molar-refractivity contribution >= 4 is 23.3 Å². The Morgan fingerprint density at radius 3 is 2.64 bits per heavy atom. The number of benzene rings is 1. The second kappa shape index (κ2) is 8.54. The molecule has 2 aliphatic heterocycles. The molecule has 0 radical (unpaired) electrons. The van der Waals surface area contributed by atoms with Crippen molar-refractivity contribution in [1.82, 2.24) is 14.9 Å². The summed E-state index contributed by atoms with van der Waals surface area (Å²) in [5, 5.41) is 3.03. The fraction of sp³-hybridized carbons (Fsp3) is 0.280. The molecule has 168 valence electrons.